The summed E-state index contributed by atoms with van der Waals surface area (Å²) in [6, 6.07) is 7.43. The number of nitrogens with two attached hydrogens (primary N) is 1. The molecule has 0 aliphatic heterocycles. The molecule has 3 aromatic heterocycles. The summed E-state index contributed by atoms with van der Waals surface area (Å²) in [5, 5.41) is 6.35. The second kappa shape index (κ2) is 7.14. The van der Waals surface area contributed by atoms with Crippen LogP contribution in [-0.2, 0) is 12.8 Å². The lowest BCUT2D eigenvalue weighted by atomic mass is 9.87. The first-order chi connectivity index (χ1) is 14.5. The molecule has 0 saturated heterocycles. The minimum absolute atomic E-state index is 0.191. The molecule has 3 heterocycles. The number of hydrogen-bond donors (Lipinski definition) is 4. The van der Waals surface area contributed by atoms with Crippen LogP contribution in [0.15, 0.2) is 35.8 Å². The molecule has 0 saturated carbocycles. The van der Waals surface area contributed by atoms with Gasteiger partial charge in [0.15, 0.2) is 5.13 Å². The number of anilines is 1. The molecule has 2 amide bonds. The third-order valence-corrected chi connectivity index (χ3v) is 6.42. The van der Waals surface area contributed by atoms with Crippen LogP contribution in [0.1, 0.15) is 45.4 Å². The Labute approximate surface area is 176 Å². The van der Waals surface area contributed by atoms with Crippen LogP contribution in [0.5, 0.6) is 0 Å². The lowest BCUT2D eigenvalue weighted by Crippen LogP contribution is -2.12. The first kappa shape index (κ1) is 18.6. The molecule has 1 aliphatic rings. The van der Waals surface area contributed by atoms with Gasteiger partial charge in [0.2, 0.25) is 0 Å². The molecular weight excluding hydrogens is 398 g/mol. The number of nitrogens with one attached hydrogen (secondary N) is 3. The first-order valence-corrected chi connectivity index (χ1v) is 10.7. The van der Waals surface area contributed by atoms with Gasteiger partial charge >= 0.3 is 0 Å². The number of benzene rings is 1. The summed E-state index contributed by atoms with van der Waals surface area (Å²) in [6.07, 6.45) is 4.97. The van der Waals surface area contributed by atoms with Crippen molar-refractivity contribution in [2.45, 2.75) is 26.2 Å². The van der Waals surface area contributed by atoms with Crippen molar-refractivity contribution in [2.75, 3.05) is 5.32 Å². The van der Waals surface area contributed by atoms with Crippen LogP contribution in [0.25, 0.3) is 22.2 Å². The fourth-order valence-corrected chi connectivity index (χ4v) is 4.76. The number of hydrogen-bond acceptors (Lipinski definition) is 4. The van der Waals surface area contributed by atoms with Crippen molar-refractivity contribution < 1.29 is 9.59 Å². The highest BCUT2D eigenvalue weighted by molar-refractivity contribution is 7.14. The zero-order valence-corrected chi connectivity index (χ0v) is 17.2. The first-order valence-electron chi connectivity index (χ1n) is 9.87. The lowest BCUT2D eigenvalue weighted by Gasteiger charge is -2.18. The summed E-state index contributed by atoms with van der Waals surface area (Å²) in [7, 11) is 0. The van der Waals surface area contributed by atoms with Gasteiger partial charge in [-0.05, 0) is 55.0 Å². The number of carbonyl (C=O) groups is 2. The van der Waals surface area contributed by atoms with E-state index >= 15 is 0 Å². The van der Waals surface area contributed by atoms with Crippen LogP contribution >= 0.6 is 11.3 Å². The molecule has 0 radical (unpaired) electrons. The van der Waals surface area contributed by atoms with Gasteiger partial charge in [0.1, 0.15) is 5.69 Å². The summed E-state index contributed by atoms with van der Waals surface area (Å²) >= 11 is 1.33. The summed E-state index contributed by atoms with van der Waals surface area (Å²) in [4.78, 5) is 34.9. The van der Waals surface area contributed by atoms with Gasteiger partial charge in [-0.25, -0.2) is 4.98 Å². The number of amides is 2. The second-order valence-corrected chi connectivity index (χ2v) is 8.71. The average Bonchev–Trinajstić information content (AvgIpc) is 3.45. The SMILES string of the molecule is CC1CCc2[nH]c3ccc(C(=O)Nc4nc(-c5c[nH]c(C(N)=O)c5)cs4)cc3c2C1. The van der Waals surface area contributed by atoms with Gasteiger partial charge in [-0.3, -0.25) is 14.9 Å². The van der Waals surface area contributed by atoms with E-state index < -0.39 is 5.91 Å². The molecule has 1 atom stereocenters. The van der Waals surface area contributed by atoms with Crippen LogP contribution in [-0.4, -0.2) is 26.8 Å². The molecule has 0 spiro atoms. The van der Waals surface area contributed by atoms with Crippen LogP contribution < -0.4 is 11.1 Å². The van der Waals surface area contributed by atoms with Gasteiger partial charge < -0.3 is 15.7 Å². The van der Waals surface area contributed by atoms with Crippen molar-refractivity contribution in [3.8, 4) is 11.3 Å². The summed E-state index contributed by atoms with van der Waals surface area (Å²) in [6.45, 7) is 2.27. The Bertz CT molecular complexity index is 1280. The third-order valence-electron chi connectivity index (χ3n) is 5.67. The van der Waals surface area contributed by atoms with Crippen LogP contribution in [0.4, 0.5) is 5.13 Å². The highest BCUT2D eigenvalue weighted by atomic mass is 32.1. The van der Waals surface area contributed by atoms with E-state index in [-0.39, 0.29) is 5.91 Å². The van der Waals surface area contributed by atoms with Gasteiger partial charge in [0, 0.05) is 39.3 Å². The molecule has 1 aromatic carbocycles. The summed E-state index contributed by atoms with van der Waals surface area (Å²) in [5.74, 6) is -0.0588. The number of H-pyrrole nitrogens is 2. The maximum absolute atomic E-state index is 12.8. The molecule has 1 unspecified atom stereocenters. The predicted molar refractivity (Wildman–Crippen MR) is 118 cm³/mol. The molecule has 152 valence electrons. The molecule has 0 bridgehead atoms. The molecular formula is C22H21N5O2S. The lowest BCUT2D eigenvalue weighted by molar-refractivity contribution is 0.0994. The minimum Gasteiger partial charge on any atom is -0.364 e. The Kier molecular flexibility index (Phi) is 4.43. The van der Waals surface area contributed by atoms with Gasteiger partial charge in [-0.2, -0.15) is 0 Å². The Morgan fingerprint density at radius 2 is 2.17 bits per heavy atom. The second-order valence-electron chi connectivity index (χ2n) is 7.85. The van der Waals surface area contributed by atoms with E-state index in [4.69, 9.17) is 5.73 Å². The van der Waals surface area contributed by atoms with Crippen molar-refractivity contribution in [2.24, 2.45) is 11.7 Å². The number of nitrogens with zero attached hydrogens (tertiary/aromatic N) is 1. The topological polar surface area (TPSA) is 117 Å². The van der Waals surface area contributed by atoms with E-state index in [0.29, 0.717) is 28.0 Å². The molecule has 7 nitrogen and oxygen atoms in total. The number of rotatable bonds is 4. The quantitative estimate of drug-likeness (QED) is 0.399. The molecule has 0 fully saturated rings. The molecule has 5 N–H and O–H groups in total. The van der Waals surface area contributed by atoms with E-state index in [1.54, 1.807) is 12.3 Å². The Morgan fingerprint density at radius 1 is 1.30 bits per heavy atom. The molecule has 30 heavy (non-hydrogen) atoms. The normalized spacial score (nSPS) is 15.8. The average molecular weight is 420 g/mol. The molecule has 1 aliphatic carbocycles. The molecule has 8 heteroatoms. The maximum atomic E-state index is 12.8. The Morgan fingerprint density at radius 3 is 2.97 bits per heavy atom. The number of thiazole rings is 1. The van der Waals surface area contributed by atoms with Crippen LogP contribution in [0.2, 0.25) is 0 Å². The van der Waals surface area contributed by atoms with Crippen molar-refractivity contribution in [1.82, 2.24) is 15.0 Å². The number of carbonyl (C=O) groups excluding carboxylic acids is 2. The Balaban J connectivity index is 1.38. The zero-order chi connectivity index (χ0) is 20.8. The van der Waals surface area contributed by atoms with E-state index in [0.717, 1.165) is 29.3 Å². The minimum atomic E-state index is -0.526. The largest absolute Gasteiger partial charge is 0.364 e. The number of aromatic nitrogens is 3. The molecule has 4 aromatic rings. The third kappa shape index (κ3) is 3.29. The van der Waals surface area contributed by atoms with E-state index in [1.807, 2.05) is 23.6 Å². The number of aryl methyl sites for hydroxylation is 1. The Hall–Kier alpha value is -3.39. The standard InChI is InChI=1S/C22H21N5O2S/c1-11-2-4-16-14(6-11)15-7-12(3-5-17(15)25-16)21(29)27-22-26-19(10-30-22)13-8-18(20(23)28)24-9-13/h3,5,7-11,24-25H,2,4,6H2,1H3,(H2,23,28)(H,26,27,29). The zero-order valence-electron chi connectivity index (χ0n) is 16.4. The summed E-state index contributed by atoms with van der Waals surface area (Å²) in [5.41, 5.74) is 11.3. The molecule has 5 rings (SSSR count). The van der Waals surface area contributed by atoms with Crippen molar-refractivity contribution in [3.05, 3.63) is 58.4 Å². The van der Waals surface area contributed by atoms with Gasteiger partial charge in [0.05, 0.1) is 5.69 Å². The predicted octanol–water partition coefficient (Wildman–Crippen LogP) is 4.10. The fourth-order valence-electron chi connectivity index (χ4n) is 4.05. The van der Waals surface area contributed by atoms with E-state index in [1.165, 1.54) is 29.0 Å². The maximum Gasteiger partial charge on any atom is 0.265 e. The number of fused-ring (bicyclic) bond motifs is 3. The number of aromatic amines is 2. The summed E-state index contributed by atoms with van der Waals surface area (Å²) < 4.78 is 0. The highest BCUT2D eigenvalue weighted by Gasteiger charge is 2.21. The highest BCUT2D eigenvalue weighted by Crippen LogP contribution is 2.32. The smallest absolute Gasteiger partial charge is 0.265 e. The number of primary amides is 1. The van der Waals surface area contributed by atoms with E-state index in [2.05, 4.69) is 27.2 Å². The van der Waals surface area contributed by atoms with Crippen molar-refractivity contribution in [1.29, 1.82) is 0 Å². The monoisotopic (exact) mass is 419 g/mol. The fraction of sp³-hybridized carbons (Fsp3) is 0.227. The van der Waals surface area contributed by atoms with Crippen LogP contribution in [0, 0.1) is 5.92 Å². The van der Waals surface area contributed by atoms with Crippen molar-refractivity contribution >= 4 is 39.2 Å². The van der Waals surface area contributed by atoms with Crippen LogP contribution in [0.3, 0.4) is 0 Å². The van der Waals surface area contributed by atoms with E-state index in [9.17, 15) is 9.59 Å². The van der Waals surface area contributed by atoms with Gasteiger partial charge in [-0.1, -0.05) is 6.92 Å². The van der Waals surface area contributed by atoms with Crippen molar-refractivity contribution in [3.63, 3.8) is 0 Å². The van der Waals surface area contributed by atoms with Gasteiger partial charge in [-0.15, -0.1) is 11.3 Å². The van der Waals surface area contributed by atoms with Gasteiger partial charge in [0.25, 0.3) is 11.8 Å².